The van der Waals surface area contributed by atoms with E-state index in [0.29, 0.717) is 29.4 Å². The molecular weight excluding hydrogens is 383 g/mol. The first-order valence-corrected chi connectivity index (χ1v) is 8.80. The Morgan fingerprint density at radius 2 is 1.83 bits per heavy atom. The quantitative estimate of drug-likeness (QED) is 0.425. The lowest BCUT2D eigenvalue weighted by atomic mass is 9.87. The summed E-state index contributed by atoms with van der Waals surface area (Å²) in [6.07, 6.45) is 3.99. The maximum Gasteiger partial charge on any atom is 0.344 e. The van der Waals surface area contributed by atoms with Crippen molar-refractivity contribution in [1.29, 1.82) is 0 Å². The van der Waals surface area contributed by atoms with Crippen molar-refractivity contribution in [1.82, 2.24) is 0 Å². The maximum absolute atomic E-state index is 14.0. The third-order valence-corrected chi connectivity index (χ3v) is 4.94. The van der Waals surface area contributed by atoms with Gasteiger partial charge in [0.25, 0.3) is 0 Å². The molecule has 0 radical (unpaired) electrons. The fraction of sp³-hybridized carbons (Fsp3) is 0.136. The van der Waals surface area contributed by atoms with Gasteiger partial charge in [0.15, 0.2) is 17.4 Å². The van der Waals surface area contributed by atoms with Crippen molar-refractivity contribution in [3.8, 4) is 5.75 Å². The van der Waals surface area contributed by atoms with Gasteiger partial charge in [-0.05, 0) is 36.3 Å². The van der Waals surface area contributed by atoms with Crippen LogP contribution in [0.15, 0.2) is 65.6 Å². The van der Waals surface area contributed by atoms with Crippen LogP contribution in [0.3, 0.4) is 0 Å². The summed E-state index contributed by atoms with van der Waals surface area (Å²) in [5, 5.41) is 0. The van der Waals surface area contributed by atoms with Crippen LogP contribution in [0.4, 0.5) is 18.9 Å². The number of carbonyl (C=O) groups is 1. The summed E-state index contributed by atoms with van der Waals surface area (Å²) in [5.74, 6) is -5.48. The van der Waals surface area contributed by atoms with Gasteiger partial charge in [0.1, 0.15) is 5.76 Å². The number of halogens is 3. The lowest BCUT2D eigenvalue weighted by molar-refractivity contribution is -0.128. The smallest absolute Gasteiger partial charge is 0.344 e. The molecule has 0 spiro atoms. The molecule has 0 bridgehead atoms. The van der Waals surface area contributed by atoms with Crippen molar-refractivity contribution in [2.24, 2.45) is 0 Å². The Morgan fingerprint density at radius 1 is 1.07 bits per heavy atom. The van der Waals surface area contributed by atoms with Crippen molar-refractivity contribution in [3.63, 3.8) is 0 Å². The molecule has 7 heteroatoms. The number of benzene rings is 2. The van der Waals surface area contributed by atoms with Crippen LogP contribution < -0.4 is 9.64 Å². The fourth-order valence-corrected chi connectivity index (χ4v) is 3.50. The van der Waals surface area contributed by atoms with E-state index in [1.807, 2.05) is 30.2 Å². The molecule has 2 aromatic rings. The molecule has 4 nitrogen and oxygen atoms in total. The van der Waals surface area contributed by atoms with Gasteiger partial charge in [-0.3, -0.25) is 0 Å². The first kappa shape index (κ1) is 18.9. The molecule has 0 amide bonds. The third kappa shape index (κ3) is 3.08. The molecule has 0 atom stereocenters. The minimum atomic E-state index is -1.69. The van der Waals surface area contributed by atoms with E-state index in [9.17, 15) is 18.0 Å². The largest absolute Gasteiger partial charge is 0.497 e. The number of fused-ring (bicyclic) bond motifs is 2. The Kier molecular flexibility index (Phi) is 4.66. The van der Waals surface area contributed by atoms with Crippen LogP contribution in [0, 0.1) is 17.5 Å². The Bertz CT molecular complexity index is 1120. The van der Waals surface area contributed by atoms with E-state index in [1.54, 1.807) is 25.3 Å². The lowest BCUT2D eigenvalue weighted by Gasteiger charge is -2.34. The lowest BCUT2D eigenvalue weighted by Crippen LogP contribution is -2.28. The second-order valence-corrected chi connectivity index (χ2v) is 6.54. The number of hydrogen-bond acceptors (Lipinski definition) is 4. The third-order valence-electron chi connectivity index (χ3n) is 4.94. The highest BCUT2D eigenvalue weighted by Gasteiger charge is 2.33. The fourth-order valence-electron chi connectivity index (χ4n) is 3.50. The molecule has 0 aromatic heterocycles. The Morgan fingerprint density at radius 3 is 2.59 bits per heavy atom. The molecular formula is C22H16F3NO3. The van der Waals surface area contributed by atoms with E-state index in [-0.39, 0.29) is 5.57 Å². The van der Waals surface area contributed by atoms with Gasteiger partial charge in [-0.1, -0.05) is 18.2 Å². The number of hydrogen-bond donors (Lipinski definition) is 0. The minimum absolute atomic E-state index is 0.237. The Balaban J connectivity index is 1.82. The molecule has 2 aliphatic rings. The summed E-state index contributed by atoms with van der Waals surface area (Å²) in [5.41, 5.74) is 2.99. The maximum atomic E-state index is 14.0. The van der Waals surface area contributed by atoms with Crippen molar-refractivity contribution in [2.45, 2.75) is 6.42 Å². The topological polar surface area (TPSA) is 38.8 Å². The number of likely N-dealkylation sites (N-methyl/N-ethyl adjacent to an activating group) is 1. The predicted octanol–water partition coefficient (Wildman–Crippen LogP) is 4.73. The van der Waals surface area contributed by atoms with Crippen LogP contribution in [0.25, 0.3) is 5.57 Å². The standard InChI is InChI=1S/C22H16F3NO3/c1-26-16-6-4-3-5-13(16)19(14-8-7-12(28-2)11-17(14)26)22(27)29-18-10-9-15(23)20(24)21(18)25/h3-7,9-11H,8H2,1-2H3. The van der Waals surface area contributed by atoms with E-state index >= 15 is 0 Å². The van der Waals surface area contributed by atoms with Crippen LogP contribution in [-0.4, -0.2) is 20.1 Å². The summed E-state index contributed by atoms with van der Waals surface area (Å²) in [7, 11) is 3.41. The average Bonchev–Trinajstić information content (AvgIpc) is 2.74. The van der Waals surface area contributed by atoms with Gasteiger partial charge in [-0.2, -0.15) is 4.39 Å². The molecule has 0 saturated heterocycles. The molecule has 1 aliphatic carbocycles. The van der Waals surface area contributed by atoms with Crippen LogP contribution in [0.2, 0.25) is 0 Å². The van der Waals surface area contributed by atoms with Gasteiger partial charge in [0.05, 0.1) is 12.7 Å². The molecule has 0 N–H and O–H groups in total. The summed E-state index contributed by atoms with van der Waals surface area (Å²) < 4.78 is 51.2. The van der Waals surface area contributed by atoms with Gasteiger partial charge in [-0.25, -0.2) is 13.6 Å². The van der Waals surface area contributed by atoms with Crippen molar-refractivity contribution >= 4 is 17.2 Å². The summed E-state index contributed by atoms with van der Waals surface area (Å²) in [6.45, 7) is 0. The van der Waals surface area contributed by atoms with Crippen LogP contribution in [0.1, 0.15) is 12.0 Å². The highest BCUT2D eigenvalue weighted by Crippen LogP contribution is 2.43. The van der Waals surface area contributed by atoms with E-state index in [0.717, 1.165) is 17.5 Å². The summed E-state index contributed by atoms with van der Waals surface area (Å²) in [6, 6.07) is 8.78. The Labute approximate surface area is 165 Å². The average molecular weight is 399 g/mol. The molecule has 2 aromatic carbocycles. The molecule has 1 aliphatic heterocycles. The van der Waals surface area contributed by atoms with Crippen LogP contribution >= 0.6 is 0 Å². The SMILES string of the molecule is COC1=CCC2=C(C(=O)Oc3ccc(F)c(F)c3F)c3ccccc3N(C)C2=C1. The van der Waals surface area contributed by atoms with Crippen LogP contribution in [0.5, 0.6) is 5.75 Å². The molecule has 0 unspecified atom stereocenters. The second-order valence-electron chi connectivity index (χ2n) is 6.54. The number of rotatable bonds is 3. The molecule has 1 heterocycles. The summed E-state index contributed by atoms with van der Waals surface area (Å²) >= 11 is 0. The number of carbonyl (C=O) groups excluding carboxylic acids is 1. The second kappa shape index (κ2) is 7.16. The number of allylic oxidation sites excluding steroid dienone is 3. The highest BCUT2D eigenvalue weighted by molar-refractivity contribution is 6.22. The summed E-state index contributed by atoms with van der Waals surface area (Å²) in [4.78, 5) is 15.0. The van der Waals surface area contributed by atoms with Gasteiger partial charge >= 0.3 is 5.97 Å². The number of esters is 1. The van der Waals surface area contributed by atoms with Crippen molar-refractivity contribution in [3.05, 3.63) is 88.6 Å². The first-order valence-electron chi connectivity index (χ1n) is 8.80. The van der Waals surface area contributed by atoms with E-state index < -0.39 is 29.2 Å². The van der Waals surface area contributed by atoms with Crippen molar-refractivity contribution < 1.29 is 27.4 Å². The van der Waals surface area contributed by atoms with E-state index in [1.165, 1.54) is 0 Å². The number of ether oxygens (including phenoxy) is 2. The van der Waals surface area contributed by atoms with E-state index in [4.69, 9.17) is 9.47 Å². The van der Waals surface area contributed by atoms with Gasteiger partial charge in [0, 0.05) is 30.1 Å². The molecule has 0 saturated carbocycles. The Hall–Kier alpha value is -3.48. The molecule has 29 heavy (non-hydrogen) atoms. The predicted molar refractivity (Wildman–Crippen MR) is 102 cm³/mol. The molecule has 4 rings (SSSR count). The van der Waals surface area contributed by atoms with Crippen LogP contribution in [-0.2, 0) is 9.53 Å². The van der Waals surface area contributed by atoms with E-state index in [2.05, 4.69) is 0 Å². The van der Waals surface area contributed by atoms with Gasteiger partial charge < -0.3 is 14.4 Å². The number of methoxy groups -OCH3 is 1. The number of anilines is 1. The first-order chi connectivity index (χ1) is 13.9. The number of nitrogens with zero attached hydrogens (tertiary/aromatic N) is 1. The number of para-hydroxylation sites is 1. The molecule has 148 valence electrons. The minimum Gasteiger partial charge on any atom is -0.497 e. The van der Waals surface area contributed by atoms with Gasteiger partial charge in [-0.15, -0.1) is 0 Å². The van der Waals surface area contributed by atoms with Gasteiger partial charge in [0.2, 0.25) is 5.82 Å². The zero-order valence-electron chi connectivity index (χ0n) is 15.6. The zero-order chi connectivity index (χ0) is 20.7. The zero-order valence-corrected chi connectivity index (χ0v) is 15.6. The molecule has 0 fully saturated rings. The highest BCUT2D eigenvalue weighted by atomic mass is 19.2. The van der Waals surface area contributed by atoms with Crippen molar-refractivity contribution in [2.75, 3.05) is 19.1 Å². The monoisotopic (exact) mass is 399 g/mol. The normalized spacial score (nSPS) is 15.3.